The Kier molecular flexibility index (Phi) is 6.28. The summed E-state index contributed by atoms with van der Waals surface area (Å²) in [6.45, 7) is 2.64. The smallest absolute Gasteiger partial charge is 0.239 e. The van der Waals surface area contributed by atoms with Gasteiger partial charge in [0.15, 0.2) is 0 Å². The molecule has 2 N–H and O–H groups in total. The molecule has 0 aliphatic heterocycles. The number of nitrogens with zero attached hydrogens (tertiary/aromatic N) is 1. The quantitative estimate of drug-likeness (QED) is 0.753. The van der Waals surface area contributed by atoms with Gasteiger partial charge in [0.1, 0.15) is 0 Å². The molecule has 2 amide bonds. The molecule has 110 valence electrons. The van der Waals surface area contributed by atoms with Gasteiger partial charge in [0, 0.05) is 25.6 Å². The van der Waals surface area contributed by atoms with Gasteiger partial charge in [-0.05, 0) is 26.8 Å². The number of hydrogen-bond donors (Lipinski definition) is 2. The first-order chi connectivity index (χ1) is 9.06. The summed E-state index contributed by atoms with van der Waals surface area (Å²) in [5.74, 6) is -0.0419. The van der Waals surface area contributed by atoms with Crippen LogP contribution in [0.2, 0.25) is 0 Å². The molecule has 0 aromatic heterocycles. The van der Waals surface area contributed by atoms with E-state index in [4.69, 9.17) is 0 Å². The summed E-state index contributed by atoms with van der Waals surface area (Å²) in [4.78, 5) is 25.4. The van der Waals surface area contributed by atoms with Crippen molar-refractivity contribution < 1.29 is 9.59 Å². The molecule has 1 saturated carbocycles. The second-order valence-electron chi connectivity index (χ2n) is 5.35. The Morgan fingerprint density at radius 3 is 2.26 bits per heavy atom. The monoisotopic (exact) mass is 269 g/mol. The Morgan fingerprint density at radius 2 is 1.79 bits per heavy atom. The molecule has 1 rings (SSSR count). The second-order valence-corrected chi connectivity index (χ2v) is 5.35. The number of nitrogens with one attached hydrogen (secondary N) is 2. The minimum absolute atomic E-state index is 0.0640. The van der Waals surface area contributed by atoms with E-state index in [0.29, 0.717) is 13.0 Å². The first-order valence-electron chi connectivity index (χ1n) is 7.24. The molecule has 19 heavy (non-hydrogen) atoms. The average Bonchev–Trinajstić information content (AvgIpc) is 2.45. The average molecular weight is 269 g/mol. The number of amides is 2. The Balaban J connectivity index is 2.61. The first kappa shape index (κ1) is 16.0. The van der Waals surface area contributed by atoms with E-state index in [1.165, 1.54) is 19.3 Å². The molecule has 0 heterocycles. The van der Waals surface area contributed by atoms with Crippen LogP contribution in [0, 0.1) is 0 Å². The van der Waals surface area contributed by atoms with Crippen molar-refractivity contribution in [3.63, 3.8) is 0 Å². The van der Waals surface area contributed by atoms with E-state index in [9.17, 15) is 9.59 Å². The predicted molar refractivity (Wildman–Crippen MR) is 75.8 cm³/mol. The zero-order valence-corrected chi connectivity index (χ0v) is 12.4. The number of hydrogen-bond acceptors (Lipinski definition) is 3. The third-order valence-electron chi connectivity index (χ3n) is 4.18. The highest BCUT2D eigenvalue weighted by Gasteiger charge is 2.34. The normalized spacial score (nSPS) is 17.8. The predicted octanol–water partition coefficient (Wildman–Crippen LogP) is 0.893. The fraction of sp³-hybridized carbons (Fsp3) is 0.857. The minimum Gasteiger partial charge on any atom is -0.358 e. The van der Waals surface area contributed by atoms with Crippen LogP contribution in [-0.2, 0) is 9.59 Å². The van der Waals surface area contributed by atoms with Gasteiger partial charge in [-0.1, -0.05) is 19.3 Å². The largest absolute Gasteiger partial charge is 0.358 e. The molecule has 1 fully saturated rings. The lowest BCUT2D eigenvalue weighted by molar-refractivity contribution is -0.137. The highest BCUT2D eigenvalue weighted by atomic mass is 16.2. The maximum Gasteiger partial charge on any atom is 0.239 e. The highest BCUT2D eigenvalue weighted by molar-refractivity contribution is 5.85. The van der Waals surface area contributed by atoms with E-state index in [0.717, 1.165) is 12.8 Å². The molecular formula is C14H27N3O2. The van der Waals surface area contributed by atoms with Crippen molar-refractivity contribution in [2.45, 2.75) is 51.0 Å². The molecule has 0 radical (unpaired) electrons. The van der Waals surface area contributed by atoms with E-state index >= 15 is 0 Å². The molecular weight excluding hydrogens is 242 g/mol. The van der Waals surface area contributed by atoms with Crippen LogP contribution in [0.4, 0.5) is 0 Å². The summed E-state index contributed by atoms with van der Waals surface area (Å²) in [5.41, 5.74) is -0.0640. The van der Waals surface area contributed by atoms with Gasteiger partial charge in [-0.2, -0.15) is 0 Å². The zero-order valence-electron chi connectivity index (χ0n) is 12.4. The van der Waals surface area contributed by atoms with Gasteiger partial charge < -0.3 is 15.5 Å². The number of rotatable bonds is 6. The maximum atomic E-state index is 12.4. The summed E-state index contributed by atoms with van der Waals surface area (Å²) in [6.07, 6.45) is 6.20. The van der Waals surface area contributed by atoms with Crippen LogP contribution in [0.1, 0.15) is 45.4 Å². The van der Waals surface area contributed by atoms with E-state index in [1.54, 1.807) is 11.9 Å². The van der Waals surface area contributed by atoms with E-state index < -0.39 is 0 Å². The fourth-order valence-corrected chi connectivity index (χ4v) is 2.77. The molecule has 0 aromatic carbocycles. The van der Waals surface area contributed by atoms with Crippen LogP contribution in [-0.4, -0.2) is 49.4 Å². The second kappa shape index (κ2) is 7.48. The van der Waals surface area contributed by atoms with Crippen molar-refractivity contribution in [2.75, 3.05) is 27.2 Å². The van der Waals surface area contributed by atoms with Crippen molar-refractivity contribution in [1.82, 2.24) is 15.5 Å². The van der Waals surface area contributed by atoms with Crippen LogP contribution in [0.25, 0.3) is 0 Å². The number of likely N-dealkylation sites (N-methyl/N-ethyl adjacent to an activating group) is 2. The van der Waals surface area contributed by atoms with Crippen molar-refractivity contribution in [3.05, 3.63) is 0 Å². The minimum atomic E-state index is -0.114. The van der Waals surface area contributed by atoms with Crippen molar-refractivity contribution in [2.24, 2.45) is 0 Å². The van der Waals surface area contributed by atoms with Crippen LogP contribution in [0.5, 0.6) is 0 Å². The summed E-state index contributed by atoms with van der Waals surface area (Å²) < 4.78 is 0. The molecule has 0 unspecified atom stereocenters. The number of carbonyl (C=O) groups excluding carboxylic acids is 2. The van der Waals surface area contributed by atoms with Crippen LogP contribution >= 0.6 is 0 Å². The molecule has 0 spiro atoms. The van der Waals surface area contributed by atoms with E-state index in [1.807, 2.05) is 14.0 Å². The molecule has 0 saturated heterocycles. The van der Waals surface area contributed by atoms with Gasteiger partial charge >= 0.3 is 0 Å². The van der Waals surface area contributed by atoms with Crippen molar-refractivity contribution >= 4 is 11.8 Å². The number of carbonyl (C=O) groups is 2. The third-order valence-corrected chi connectivity index (χ3v) is 4.18. The van der Waals surface area contributed by atoms with Crippen molar-refractivity contribution in [3.8, 4) is 0 Å². The van der Waals surface area contributed by atoms with E-state index in [2.05, 4.69) is 10.6 Å². The molecule has 1 aliphatic rings. The van der Waals surface area contributed by atoms with E-state index in [-0.39, 0.29) is 23.9 Å². The third kappa shape index (κ3) is 4.49. The molecule has 0 aromatic rings. The SMILES string of the molecule is CCN(CC(=O)NC)C(=O)CC1(NC)CCCCC1. The van der Waals surface area contributed by atoms with Crippen LogP contribution in [0.3, 0.4) is 0 Å². The fourth-order valence-electron chi connectivity index (χ4n) is 2.77. The first-order valence-corrected chi connectivity index (χ1v) is 7.24. The lowest BCUT2D eigenvalue weighted by Gasteiger charge is -2.38. The zero-order chi connectivity index (χ0) is 14.3. The Hall–Kier alpha value is -1.10. The van der Waals surface area contributed by atoms with Gasteiger partial charge in [-0.25, -0.2) is 0 Å². The van der Waals surface area contributed by atoms with Gasteiger partial charge in [-0.15, -0.1) is 0 Å². The van der Waals surface area contributed by atoms with Gasteiger partial charge in [0.05, 0.1) is 6.54 Å². The Morgan fingerprint density at radius 1 is 1.16 bits per heavy atom. The van der Waals surface area contributed by atoms with Gasteiger partial charge in [-0.3, -0.25) is 9.59 Å². The topological polar surface area (TPSA) is 61.4 Å². The molecule has 5 heteroatoms. The van der Waals surface area contributed by atoms with Crippen molar-refractivity contribution in [1.29, 1.82) is 0 Å². The molecule has 0 atom stereocenters. The summed E-state index contributed by atoms with van der Waals surface area (Å²) in [5, 5.41) is 5.91. The standard InChI is InChI=1S/C14H27N3O2/c1-4-17(11-12(18)15-2)13(19)10-14(16-3)8-6-5-7-9-14/h16H,4-11H2,1-3H3,(H,15,18). The summed E-state index contributed by atoms with van der Waals surface area (Å²) in [7, 11) is 3.53. The summed E-state index contributed by atoms with van der Waals surface area (Å²) in [6, 6.07) is 0. The summed E-state index contributed by atoms with van der Waals surface area (Å²) >= 11 is 0. The maximum absolute atomic E-state index is 12.4. The van der Waals surface area contributed by atoms with Crippen LogP contribution < -0.4 is 10.6 Å². The Bertz CT molecular complexity index is 312. The molecule has 5 nitrogen and oxygen atoms in total. The molecule has 1 aliphatic carbocycles. The lowest BCUT2D eigenvalue weighted by Crippen LogP contribution is -2.50. The van der Waals surface area contributed by atoms with Gasteiger partial charge in [0.25, 0.3) is 0 Å². The lowest BCUT2D eigenvalue weighted by atomic mass is 9.79. The molecule has 0 bridgehead atoms. The highest BCUT2D eigenvalue weighted by Crippen LogP contribution is 2.31. The Labute approximate surface area is 116 Å². The van der Waals surface area contributed by atoms with Crippen LogP contribution in [0.15, 0.2) is 0 Å². The van der Waals surface area contributed by atoms with Gasteiger partial charge in [0.2, 0.25) is 11.8 Å².